The van der Waals surface area contributed by atoms with E-state index in [0.29, 0.717) is 0 Å². The van der Waals surface area contributed by atoms with Crippen LogP contribution >= 0.6 is 0 Å². The van der Waals surface area contributed by atoms with Crippen molar-refractivity contribution < 1.29 is 4.79 Å². The van der Waals surface area contributed by atoms with Crippen LogP contribution in [0.25, 0.3) is 0 Å². The number of likely N-dealkylation sites (tertiary alicyclic amines) is 1. The van der Waals surface area contributed by atoms with E-state index in [1.54, 1.807) is 0 Å². The van der Waals surface area contributed by atoms with Gasteiger partial charge in [0.05, 0.1) is 6.04 Å². The van der Waals surface area contributed by atoms with Crippen LogP contribution in [0.15, 0.2) is 0 Å². The monoisotopic (exact) mass is 168 g/mol. The Morgan fingerprint density at radius 3 is 2.83 bits per heavy atom. The molecule has 1 heterocycles. The van der Waals surface area contributed by atoms with Crippen LogP contribution in [0.3, 0.4) is 0 Å². The van der Waals surface area contributed by atoms with Crippen molar-refractivity contribution in [3.63, 3.8) is 0 Å². The van der Waals surface area contributed by atoms with Crippen LogP contribution in [0.2, 0.25) is 0 Å². The minimum atomic E-state index is -0.226. The molecule has 3 nitrogen and oxygen atoms in total. The first-order valence-electron chi connectivity index (χ1n) is 4.70. The first-order valence-corrected chi connectivity index (χ1v) is 4.70. The molecule has 1 aliphatic carbocycles. The first kappa shape index (κ1) is 8.05. The third-order valence-corrected chi connectivity index (χ3v) is 3.11. The van der Waals surface area contributed by atoms with Crippen LogP contribution in [-0.2, 0) is 4.79 Å². The summed E-state index contributed by atoms with van der Waals surface area (Å²) in [6.45, 7) is 3.08. The van der Waals surface area contributed by atoms with Crippen molar-refractivity contribution in [3.05, 3.63) is 0 Å². The maximum atomic E-state index is 11.6. The van der Waals surface area contributed by atoms with Crippen molar-refractivity contribution in [1.29, 1.82) is 0 Å². The van der Waals surface area contributed by atoms with E-state index < -0.39 is 0 Å². The van der Waals surface area contributed by atoms with Gasteiger partial charge in [-0.15, -0.1) is 0 Å². The summed E-state index contributed by atoms with van der Waals surface area (Å²) in [7, 11) is 0. The Labute approximate surface area is 72.9 Å². The molecule has 1 amide bonds. The molecular formula is C9H16N2O. The highest BCUT2D eigenvalue weighted by molar-refractivity contribution is 5.83. The van der Waals surface area contributed by atoms with Crippen LogP contribution in [-0.4, -0.2) is 28.9 Å². The number of nitrogens with zero attached hydrogens (tertiary/aromatic N) is 1. The molecule has 0 aromatic rings. The van der Waals surface area contributed by atoms with E-state index in [4.69, 9.17) is 5.73 Å². The minimum absolute atomic E-state index is 0.168. The number of carbonyl (C=O) groups excluding carboxylic acids is 1. The van der Waals surface area contributed by atoms with Gasteiger partial charge in [-0.1, -0.05) is 0 Å². The second-order valence-electron chi connectivity index (χ2n) is 4.24. The molecule has 2 N–H and O–H groups in total. The third-order valence-electron chi connectivity index (χ3n) is 3.11. The van der Waals surface area contributed by atoms with Crippen LogP contribution in [0.4, 0.5) is 0 Å². The molecule has 2 fully saturated rings. The molecule has 1 saturated carbocycles. The number of hydrogen-bond donors (Lipinski definition) is 1. The van der Waals surface area contributed by atoms with Crippen LogP contribution in [0, 0.1) is 0 Å². The van der Waals surface area contributed by atoms with Gasteiger partial charge < -0.3 is 10.6 Å². The summed E-state index contributed by atoms with van der Waals surface area (Å²) >= 11 is 0. The van der Waals surface area contributed by atoms with Gasteiger partial charge in [-0.3, -0.25) is 4.79 Å². The molecule has 2 rings (SSSR count). The van der Waals surface area contributed by atoms with Crippen molar-refractivity contribution in [3.8, 4) is 0 Å². The fourth-order valence-electron chi connectivity index (χ4n) is 1.89. The third kappa shape index (κ3) is 1.12. The lowest BCUT2D eigenvalue weighted by atomic mass is 10.0. The number of nitrogens with two attached hydrogens (primary N) is 1. The first-order chi connectivity index (χ1) is 5.63. The van der Waals surface area contributed by atoms with Gasteiger partial charge in [0.2, 0.25) is 5.91 Å². The van der Waals surface area contributed by atoms with E-state index in [1.165, 1.54) is 0 Å². The largest absolute Gasteiger partial charge is 0.336 e. The minimum Gasteiger partial charge on any atom is -0.336 e. The second kappa shape index (κ2) is 2.46. The van der Waals surface area contributed by atoms with Crippen LogP contribution < -0.4 is 5.73 Å². The summed E-state index contributed by atoms with van der Waals surface area (Å²) in [6.07, 6.45) is 4.25. The lowest BCUT2D eigenvalue weighted by molar-refractivity contribution is -0.137. The van der Waals surface area contributed by atoms with Crippen molar-refractivity contribution in [2.24, 2.45) is 5.73 Å². The van der Waals surface area contributed by atoms with Gasteiger partial charge in [0.15, 0.2) is 0 Å². The van der Waals surface area contributed by atoms with Crippen LogP contribution in [0.1, 0.15) is 32.6 Å². The molecular weight excluding hydrogens is 152 g/mol. The standard InChI is InChI=1S/C9H16N2O/c1-9(4-5-9)11-6-2-3-7(10)8(11)12/h7H,2-6,10H2,1H3. The Kier molecular flexibility index (Phi) is 1.65. The molecule has 0 aromatic carbocycles. The van der Waals surface area contributed by atoms with Crippen molar-refractivity contribution in [2.75, 3.05) is 6.54 Å². The van der Waals surface area contributed by atoms with Crippen molar-refractivity contribution >= 4 is 5.91 Å². The lowest BCUT2D eigenvalue weighted by Gasteiger charge is -2.35. The van der Waals surface area contributed by atoms with E-state index in [2.05, 4.69) is 6.92 Å². The summed E-state index contributed by atoms with van der Waals surface area (Å²) < 4.78 is 0. The quantitative estimate of drug-likeness (QED) is 0.619. The maximum absolute atomic E-state index is 11.6. The zero-order valence-electron chi connectivity index (χ0n) is 7.55. The SMILES string of the molecule is CC1(N2CCCC(N)C2=O)CC1. The van der Waals surface area contributed by atoms with Crippen molar-refractivity contribution in [2.45, 2.75) is 44.2 Å². The average Bonchev–Trinajstić information content (AvgIpc) is 2.75. The Hall–Kier alpha value is -0.570. The smallest absolute Gasteiger partial charge is 0.239 e. The summed E-state index contributed by atoms with van der Waals surface area (Å²) in [6, 6.07) is -0.226. The highest BCUT2D eigenvalue weighted by atomic mass is 16.2. The maximum Gasteiger partial charge on any atom is 0.239 e. The zero-order chi connectivity index (χ0) is 8.77. The fraction of sp³-hybridized carbons (Fsp3) is 0.889. The van der Waals surface area contributed by atoms with Gasteiger partial charge in [0, 0.05) is 12.1 Å². The molecule has 12 heavy (non-hydrogen) atoms. The van der Waals surface area contributed by atoms with E-state index in [1.807, 2.05) is 4.90 Å². The molecule has 1 aliphatic heterocycles. The van der Waals surface area contributed by atoms with E-state index in [-0.39, 0.29) is 17.5 Å². The predicted octanol–water partition coefficient (Wildman–Crippen LogP) is 0.489. The zero-order valence-corrected chi connectivity index (χ0v) is 7.55. The fourth-order valence-corrected chi connectivity index (χ4v) is 1.89. The Morgan fingerprint density at radius 1 is 1.58 bits per heavy atom. The van der Waals surface area contributed by atoms with E-state index in [0.717, 1.165) is 32.2 Å². The number of piperidine rings is 1. The van der Waals surface area contributed by atoms with Gasteiger partial charge in [-0.05, 0) is 32.6 Å². The summed E-state index contributed by atoms with van der Waals surface area (Å²) in [4.78, 5) is 13.6. The van der Waals surface area contributed by atoms with Crippen LogP contribution in [0.5, 0.6) is 0 Å². The Balaban J connectivity index is 2.09. The predicted molar refractivity (Wildman–Crippen MR) is 46.6 cm³/mol. The summed E-state index contributed by atoms with van der Waals surface area (Å²) in [5.74, 6) is 0.168. The molecule has 2 aliphatic rings. The molecule has 3 heteroatoms. The molecule has 1 unspecified atom stereocenters. The average molecular weight is 168 g/mol. The van der Waals surface area contributed by atoms with Gasteiger partial charge in [-0.2, -0.15) is 0 Å². The molecule has 68 valence electrons. The Bertz CT molecular complexity index is 211. The lowest BCUT2D eigenvalue weighted by Crippen LogP contribution is -2.52. The molecule has 1 atom stereocenters. The topological polar surface area (TPSA) is 46.3 Å². The Morgan fingerprint density at radius 2 is 2.25 bits per heavy atom. The second-order valence-corrected chi connectivity index (χ2v) is 4.24. The summed E-state index contributed by atoms with van der Waals surface area (Å²) in [5.41, 5.74) is 5.88. The van der Waals surface area contributed by atoms with Gasteiger partial charge >= 0.3 is 0 Å². The number of hydrogen-bond acceptors (Lipinski definition) is 2. The molecule has 0 spiro atoms. The van der Waals surface area contributed by atoms with Gasteiger partial charge in [0.25, 0.3) is 0 Å². The molecule has 0 radical (unpaired) electrons. The highest BCUT2D eigenvalue weighted by Crippen LogP contribution is 2.42. The number of rotatable bonds is 1. The van der Waals surface area contributed by atoms with E-state index in [9.17, 15) is 4.79 Å². The van der Waals surface area contributed by atoms with Gasteiger partial charge in [0.1, 0.15) is 0 Å². The molecule has 0 bridgehead atoms. The van der Waals surface area contributed by atoms with Crippen molar-refractivity contribution in [1.82, 2.24) is 4.90 Å². The van der Waals surface area contributed by atoms with Gasteiger partial charge in [-0.25, -0.2) is 0 Å². The normalized spacial score (nSPS) is 33.7. The highest BCUT2D eigenvalue weighted by Gasteiger charge is 2.47. The number of amides is 1. The molecule has 0 aromatic heterocycles. The summed E-state index contributed by atoms with van der Waals surface area (Å²) in [5, 5.41) is 0. The van der Waals surface area contributed by atoms with E-state index >= 15 is 0 Å². The number of carbonyl (C=O) groups is 1. The molecule has 1 saturated heterocycles.